The van der Waals surface area contributed by atoms with Crippen LogP contribution in [0.5, 0.6) is 11.5 Å². The molecule has 1 saturated heterocycles. The average Bonchev–Trinajstić information content (AvgIpc) is 3.15. The summed E-state index contributed by atoms with van der Waals surface area (Å²) in [4.78, 5) is 15.2. The van der Waals surface area contributed by atoms with Crippen molar-refractivity contribution in [2.24, 2.45) is 11.1 Å². The number of ether oxygens (including phenoxy) is 3. The molecule has 3 N–H and O–H groups in total. The van der Waals surface area contributed by atoms with Gasteiger partial charge in [-0.2, -0.15) is 0 Å². The van der Waals surface area contributed by atoms with Crippen molar-refractivity contribution in [3.63, 3.8) is 0 Å². The van der Waals surface area contributed by atoms with Crippen LogP contribution in [0, 0.1) is 5.41 Å². The van der Waals surface area contributed by atoms with Gasteiger partial charge in [0.15, 0.2) is 0 Å². The molecule has 9 heteroatoms. The van der Waals surface area contributed by atoms with Gasteiger partial charge in [-0.15, -0.1) is 24.8 Å². The lowest BCUT2D eigenvalue weighted by Crippen LogP contribution is -2.76. The van der Waals surface area contributed by atoms with Crippen LogP contribution >= 0.6 is 24.8 Å². The number of carbonyl (C=O) groups excluding carboxylic acids is 1. The van der Waals surface area contributed by atoms with Gasteiger partial charge < -0.3 is 30.2 Å². The number of halogens is 2. The van der Waals surface area contributed by atoms with Gasteiger partial charge in [0, 0.05) is 61.5 Å². The summed E-state index contributed by atoms with van der Waals surface area (Å²) in [6.45, 7) is 8.21. The number of nitrogens with one attached hydrogen (secondary N) is 1. The van der Waals surface area contributed by atoms with E-state index in [2.05, 4.69) is 10.2 Å². The minimum Gasteiger partial charge on any atom is -0.497 e. The number of hydrogen-bond donors (Lipinski definition) is 2. The molecule has 30 heavy (non-hydrogen) atoms. The van der Waals surface area contributed by atoms with Crippen molar-refractivity contribution in [1.29, 1.82) is 0 Å². The van der Waals surface area contributed by atoms with Gasteiger partial charge in [0.25, 0.3) is 0 Å². The van der Waals surface area contributed by atoms with Gasteiger partial charge in [-0.05, 0) is 13.3 Å². The molecule has 2 fully saturated rings. The molecule has 1 aromatic carbocycles. The number of nitrogens with two attached hydrogens (primary N) is 1. The summed E-state index contributed by atoms with van der Waals surface area (Å²) in [7, 11) is 3.28. The first kappa shape index (κ1) is 26.6. The van der Waals surface area contributed by atoms with Crippen molar-refractivity contribution in [2.75, 3.05) is 38.8 Å². The van der Waals surface area contributed by atoms with Crippen LogP contribution < -0.4 is 25.4 Å². The maximum absolute atomic E-state index is 13.0. The summed E-state index contributed by atoms with van der Waals surface area (Å²) in [5.74, 6) is 1.42. The highest BCUT2D eigenvalue weighted by molar-refractivity contribution is 5.89. The lowest BCUT2D eigenvalue weighted by atomic mass is 9.54. The fourth-order valence-corrected chi connectivity index (χ4v) is 4.22. The molecule has 172 valence electrons. The molecule has 0 spiro atoms. The minimum absolute atomic E-state index is 0. The van der Waals surface area contributed by atoms with E-state index < -0.39 is 5.54 Å². The van der Waals surface area contributed by atoms with Gasteiger partial charge in [0.2, 0.25) is 5.91 Å². The molecule has 3 rings (SSSR count). The first-order valence-corrected chi connectivity index (χ1v) is 9.94. The standard InChI is InChI=1S/C21H33N3O4.2ClH/c1-6-28-18-12-21(22,20(18,2)3)19(25)23-14-7-8-24(13-14)15-9-16(26-4)11-17(10-15)27-5;;/h9-11,14,18H,6-8,12-13,22H2,1-5H3,(H,23,25);2*1H. The second-order valence-corrected chi connectivity index (χ2v) is 8.32. The summed E-state index contributed by atoms with van der Waals surface area (Å²) in [6.07, 6.45) is 1.46. The normalized spacial score (nSPS) is 26.7. The van der Waals surface area contributed by atoms with Crippen LogP contribution in [-0.2, 0) is 9.53 Å². The molecule has 1 heterocycles. The maximum Gasteiger partial charge on any atom is 0.241 e. The van der Waals surface area contributed by atoms with Crippen LogP contribution in [0.2, 0.25) is 0 Å². The summed E-state index contributed by atoms with van der Waals surface area (Å²) in [6, 6.07) is 5.88. The van der Waals surface area contributed by atoms with Crippen molar-refractivity contribution >= 4 is 36.4 Å². The van der Waals surface area contributed by atoms with Crippen LogP contribution in [0.15, 0.2) is 18.2 Å². The molecular weight excluding hydrogens is 429 g/mol. The Bertz CT molecular complexity index is 712. The molecule has 3 atom stereocenters. The lowest BCUT2D eigenvalue weighted by Gasteiger charge is -2.57. The zero-order chi connectivity index (χ0) is 20.5. The van der Waals surface area contributed by atoms with Gasteiger partial charge >= 0.3 is 0 Å². The van der Waals surface area contributed by atoms with E-state index in [1.807, 2.05) is 39.0 Å². The Labute approximate surface area is 191 Å². The molecule has 2 aliphatic rings. The van der Waals surface area contributed by atoms with E-state index in [-0.39, 0.29) is 48.3 Å². The van der Waals surface area contributed by atoms with Crippen LogP contribution in [0.3, 0.4) is 0 Å². The maximum atomic E-state index is 13.0. The fraction of sp³-hybridized carbons (Fsp3) is 0.667. The fourth-order valence-electron chi connectivity index (χ4n) is 4.22. The monoisotopic (exact) mass is 463 g/mol. The first-order valence-electron chi connectivity index (χ1n) is 9.94. The number of carbonyl (C=O) groups is 1. The summed E-state index contributed by atoms with van der Waals surface area (Å²) < 4.78 is 16.5. The Morgan fingerprint density at radius 1 is 1.20 bits per heavy atom. The van der Waals surface area contributed by atoms with Gasteiger partial charge in [-0.3, -0.25) is 4.79 Å². The van der Waals surface area contributed by atoms with Crippen molar-refractivity contribution in [3.05, 3.63) is 18.2 Å². The molecule has 1 aromatic rings. The number of methoxy groups -OCH3 is 2. The third-order valence-corrected chi connectivity index (χ3v) is 6.46. The molecule has 0 radical (unpaired) electrons. The summed E-state index contributed by atoms with van der Waals surface area (Å²) >= 11 is 0. The van der Waals surface area contributed by atoms with Gasteiger partial charge in [-0.1, -0.05) is 13.8 Å². The molecule has 7 nitrogen and oxygen atoms in total. The molecular formula is C21H35Cl2N3O4. The topological polar surface area (TPSA) is 86.0 Å². The molecule has 1 saturated carbocycles. The third-order valence-electron chi connectivity index (χ3n) is 6.46. The Hall–Kier alpha value is -1.41. The quantitative estimate of drug-likeness (QED) is 0.646. The van der Waals surface area contributed by atoms with Crippen molar-refractivity contribution < 1.29 is 19.0 Å². The largest absolute Gasteiger partial charge is 0.497 e. The number of rotatable bonds is 7. The van der Waals surface area contributed by atoms with Crippen molar-refractivity contribution in [1.82, 2.24) is 5.32 Å². The zero-order valence-corrected chi connectivity index (χ0v) is 20.0. The van der Waals surface area contributed by atoms with Crippen LogP contribution in [-0.4, -0.2) is 57.5 Å². The number of hydrogen-bond acceptors (Lipinski definition) is 6. The van der Waals surface area contributed by atoms with E-state index in [4.69, 9.17) is 19.9 Å². The Morgan fingerprint density at radius 2 is 1.80 bits per heavy atom. The Morgan fingerprint density at radius 3 is 2.30 bits per heavy atom. The SMILES string of the molecule is CCOC1CC(N)(C(=O)NC2CCN(c3cc(OC)cc(OC)c3)C2)C1(C)C.Cl.Cl. The van der Waals surface area contributed by atoms with Gasteiger partial charge in [-0.25, -0.2) is 0 Å². The van der Waals surface area contributed by atoms with Crippen molar-refractivity contribution in [2.45, 2.75) is 51.3 Å². The number of amides is 1. The number of benzene rings is 1. The predicted octanol–water partition coefficient (Wildman–Crippen LogP) is 2.77. The zero-order valence-electron chi connectivity index (χ0n) is 18.4. The molecule has 0 bridgehead atoms. The predicted molar refractivity (Wildman–Crippen MR) is 124 cm³/mol. The Balaban J connectivity index is 0.00000225. The lowest BCUT2D eigenvalue weighted by molar-refractivity contribution is -0.171. The second-order valence-electron chi connectivity index (χ2n) is 8.32. The highest BCUT2D eigenvalue weighted by Crippen LogP contribution is 2.50. The average molecular weight is 464 g/mol. The van der Waals surface area contributed by atoms with E-state index in [1.54, 1.807) is 14.2 Å². The van der Waals surface area contributed by atoms with E-state index in [0.29, 0.717) is 13.0 Å². The van der Waals surface area contributed by atoms with Crippen LogP contribution in [0.1, 0.15) is 33.6 Å². The smallest absolute Gasteiger partial charge is 0.241 e. The van der Waals surface area contributed by atoms with Gasteiger partial charge in [0.05, 0.1) is 20.3 Å². The molecule has 1 aliphatic carbocycles. The molecule has 1 aliphatic heterocycles. The summed E-state index contributed by atoms with van der Waals surface area (Å²) in [5.41, 5.74) is 6.26. The van der Waals surface area contributed by atoms with E-state index in [1.165, 1.54) is 0 Å². The van der Waals surface area contributed by atoms with E-state index in [0.717, 1.165) is 36.7 Å². The third kappa shape index (κ3) is 4.74. The van der Waals surface area contributed by atoms with Crippen molar-refractivity contribution in [3.8, 4) is 11.5 Å². The minimum atomic E-state index is -0.889. The van der Waals surface area contributed by atoms with Crippen LogP contribution in [0.25, 0.3) is 0 Å². The molecule has 3 unspecified atom stereocenters. The second kappa shape index (κ2) is 10.3. The molecule has 1 amide bonds. The molecule has 0 aromatic heterocycles. The Kier molecular flexibility index (Phi) is 9.11. The number of anilines is 1. The van der Waals surface area contributed by atoms with E-state index in [9.17, 15) is 4.79 Å². The number of nitrogens with zero attached hydrogens (tertiary/aromatic N) is 1. The highest BCUT2D eigenvalue weighted by atomic mass is 35.5. The highest BCUT2D eigenvalue weighted by Gasteiger charge is 2.63. The first-order chi connectivity index (χ1) is 13.2. The summed E-state index contributed by atoms with van der Waals surface area (Å²) in [5, 5.41) is 3.17. The van der Waals surface area contributed by atoms with Gasteiger partial charge in [0.1, 0.15) is 17.0 Å². The van der Waals surface area contributed by atoms with E-state index >= 15 is 0 Å². The van der Waals surface area contributed by atoms with Crippen LogP contribution in [0.4, 0.5) is 5.69 Å².